The van der Waals surface area contributed by atoms with Crippen molar-refractivity contribution < 1.29 is 0 Å². The van der Waals surface area contributed by atoms with Gasteiger partial charge in [0.1, 0.15) is 0 Å². The van der Waals surface area contributed by atoms with Gasteiger partial charge in [0, 0.05) is 16.8 Å². The molecule has 0 fully saturated rings. The van der Waals surface area contributed by atoms with Crippen LogP contribution in [0, 0.1) is 6.92 Å². The Morgan fingerprint density at radius 3 is 1.90 bits per heavy atom. The fourth-order valence-corrected chi connectivity index (χ4v) is 2.21. The first-order valence-electron chi connectivity index (χ1n) is 7.49. The van der Waals surface area contributed by atoms with Crippen molar-refractivity contribution in [2.24, 2.45) is 0 Å². The zero-order valence-corrected chi connectivity index (χ0v) is 13.2. The molecular weight excluding hydrogens is 242 g/mol. The lowest BCUT2D eigenvalue weighted by Crippen LogP contribution is -1.94. The number of benzene rings is 2. The van der Waals surface area contributed by atoms with Crippen LogP contribution in [0.5, 0.6) is 0 Å². The Balaban J connectivity index is 0.000000461. The number of aromatic nitrogens is 1. The average Bonchev–Trinajstić information content (AvgIpc) is 2.88. The third kappa shape index (κ3) is 3.30. The largest absolute Gasteiger partial charge is 0.314 e. The maximum atomic E-state index is 2.29. The summed E-state index contributed by atoms with van der Waals surface area (Å²) in [7, 11) is 0. The van der Waals surface area contributed by atoms with E-state index in [1.807, 2.05) is 33.8 Å². The topological polar surface area (TPSA) is 4.93 Å². The van der Waals surface area contributed by atoms with Crippen molar-refractivity contribution in [3.8, 4) is 5.69 Å². The lowest BCUT2D eigenvalue weighted by Gasteiger charge is -2.07. The van der Waals surface area contributed by atoms with E-state index in [0.29, 0.717) is 0 Å². The lowest BCUT2D eigenvalue weighted by molar-refractivity contribution is 1.05. The predicted octanol–water partition coefficient (Wildman–Crippen LogP) is 5.99. The molecule has 0 N–H and O–H groups in total. The second-order valence-electron chi connectivity index (χ2n) is 4.02. The van der Waals surface area contributed by atoms with Crippen molar-refractivity contribution >= 4 is 10.9 Å². The molecule has 1 aromatic heterocycles. The van der Waals surface area contributed by atoms with Gasteiger partial charge >= 0.3 is 0 Å². The summed E-state index contributed by atoms with van der Waals surface area (Å²) in [6.07, 6.45) is 0. The van der Waals surface area contributed by atoms with Crippen molar-refractivity contribution in [1.29, 1.82) is 0 Å². The highest BCUT2D eigenvalue weighted by Gasteiger charge is 2.05. The van der Waals surface area contributed by atoms with E-state index in [1.54, 1.807) is 0 Å². The third-order valence-electron chi connectivity index (χ3n) is 2.91. The van der Waals surface area contributed by atoms with Gasteiger partial charge in [0.2, 0.25) is 0 Å². The van der Waals surface area contributed by atoms with E-state index in [1.165, 1.54) is 22.3 Å². The van der Waals surface area contributed by atoms with E-state index in [9.17, 15) is 0 Å². The van der Waals surface area contributed by atoms with Gasteiger partial charge in [-0.3, -0.25) is 0 Å². The number of aryl methyl sites for hydroxylation is 1. The Morgan fingerprint density at radius 1 is 0.700 bits per heavy atom. The lowest BCUT2D eigenvalue weighted by atomic mass is 10.2. The fraction of sp³-hybridized carbons (Fsp3) is 0.263. The van der Waals surface area contributed by atoms with Crippen LogP contribution in [0.3, 0.4) is 0 Å². The number of hydrogen-bond donors (Lipinski definition) is 0. The monoisotopic (exact) mass is 267 g/mol. The molecule has 106 valence electrons. The molecular formula is C19H25N. The van der Waals surface area contributed by atoms with E-state index in [4.69, 9.17) is 0 Å². The van der Waals surface area contributed by atoms with Gasteiger partial charge in [0.05, 0.1) is 5.52 Å². The minimum absolute atomic E-state index is 1.22. The SMILES string of the molecule is CC.CC.Cc1cc2ccccc2n1-c1ccccc1. The molecule has 0 spiro atoms. The van der Waals surface area contributed by atoms with E-state index in [-0.39, 0.29) is 0 Å². The van der Waals surface area contributed by atoms with Crippen molar-refractivity contribution in [2.45, 2.75) is 34.6 Å². The van der Waals surface area contributed by atoms with Gasteiger partial charge < -0.3 is 4.57 Å². The van der Waals surface area contributed by atoms with E-state index in [0.717, 1.165) is 0 Å². The molecule has 20 heavy (non-hydrogen) atoms. The first-order chi connectivity index (χ1) is 9.86. The third-order valence-corrected chi connectivity index (χ3v) is 2.91. The molecule has 0 aliphatic carbocycles. The Labute approximate surface area is 122 Å². The summed E-state index contributed by atoms with van der Waals surface area (Å²) in [6, 6.07) is 21.2. The number of fused-ring (bicyclic) bond motifs is 1. The van der Waals surface area contributed by atoms with Crippen molar-refractivity contribution in [3.05, 3.63) is 66.4 Å². The number of nitrogens with zero attached hydrogens (tertiary/aromatic N) is 1. The van der Waals surface area contributed by atoms with Crippen LogP contribution in [0.1, 0.15) is 33.4 Å². The van der Waals surface area contributed by atoms with Gasteiger partial charge in [-0.2, -0.15) is 0 Å². The molecule has 0 aliphatic heterocycles. The second-order valence-corrected chi connectivity index (χ2v) is 4.02. The standard InChI is InChI=1S/C15H13N.2C2H6/c1-12-11-13-7-5-6-10-15(13)16(12)14-8-3-2-4-9-14;2*1-2/h2-11H,1H3;2*1-2H3. The summed E-state index contributed by atoms with van der Waals surface area (Å²) < 4.78 is 2.29. The summed E-state index contributed by atoms with van der Waals surface area (Å²) in [5.74, 6) is 0. The highest BCUT2D eigenvalue weighted by Crippen LogP contribution is 2.23. The Kier molecular flexibility index (Phi) is 6.58. The van der Waals surface area contributed by atoms with Crippen LogP contribution >= 0.6 is 0 Å². The molecule has 0 bridgehead atoms. The van der Waals surface area contributed by atoms with Crippen LogP contribution in [-0.4, -0.2) is 4.57 Å². The highest BCUT2D eigenvalue weighted by molar-refractivity contribution is 5.83. The second kappa shape index (κ2) is 8.21. The van der Waals surface area contributed by atoms with Crippen molar-refractivity contribution in [2.75, 3.05) is 0 Å². The van der Waals surface area contributed by atoms with Crippen LogP contribution in [0.4, 0.5) is 0 Å². The molecule has 3 aromatic rings. The number of para-hydroxylation sites is 2. The van der Waals surface area contributed by atoms with Gasteiger partial charge in [0.15, 0.2) is 0 Å². The summed E-state index contributed by atoms with van der Waals surface area (Å²) in [5, 5.41) is 1.30. The molecule has 1 nitrogen and oxygen atoms in total. The first-order valence-corrected chi connectivity index (χ1v) is 7.49. The van der Waals surface area contributed by atoms with Crippen LogP contribution in [0.15, 0.2) is 60.7 Å². The normalized spacial score (nSPS) is 9.25. The molecule has 0 radical (unpaired) electrons. The molecule has 0 aliphatic rings. The zero-order valence-electron chi connectivity index (χ0n) is 13.2. The molecule has 0 amide bonds. The summed E-state index contributed by atoms with van der Waals surface area (Å²) in [6.45, 7) is 10.1. The van der Waals surface area contributed by atoms with Crippen LogP contribution in [0.2, 0.25) is 0 Å². The zero-order chi connectivity index (χ0) is 15.0. The Hall–Kier alpha value is -2.02. The van der Waals surface area contributed by atoms with Gasteiger partial charge in [-0.25, -0.2) is 0 Å². The molecule has 0 unspecified atom stereocenters. The van der Waals surface area contributed by atoms with Crippen molar-refractivity contribution in [1.82, 2.24) is 4.57 Å². The van der Waals surface area contributed by atoms with Crippen LogP contribution in [-0.2, 0) is 0 Å². The summed E-state index contributed by atoms with van der Waals surface area (Å²) in [4.78, 5) is 0. The maximum Gasteiger partial charge on any atom is 0.0531 e. The van der Waals surface area contributed by atoms with Crippen LogP contribution in [0.25, 0.3) is 16.6 Å². The van der Waals surface area contributed by atoms with Crippen LogP contribution < -0.4 is 0 Å². The highest BCUT2D eigenvalue weighted by atomic mass is 15.0. The smallest absolute Gasteiger partial charge is 0.0531 e. The summed E-state index contributed by atoms with van der Waals surface area (Å²) in [5.41, 5.74) is 3.76. The van der Waals surface area contributed by atoms with Gasteiger partial charge in [-0.15, -0.1) is 0 Å². The first kappa shape index (κ1) is 16.0. The van der Waals surface area contributed by atoms with E-state index >= 15 is 0 Å². The van der Waals surface area contributed by atoms with E-state index in [2.05, 4.69) is 66.1 Å². The number of hydrogen-bond acceptors (Lipinski definition) is 0. The molecule has 0 saturated heterocycles. The number of rotatable bonds is 1. The molecule has 2 aromatic carbocycles. The Morgan fingerprint density at radius 2 is 1.25 bits per heavy atom. The maximum absolute atomic E-state index is 2.29. The minimum Gasteiger partial charge on any atom is -0.314 e. The summed E-state index contributed by atoms with van der Waals surface area (Å²) >= 11 is 0. The quantitative estimate of drug-likeness (QED) is 0.510. The molecule has 1 heterocycles. The van der Waals surface area contributed by atoms with Crippen molar-refractivity contribution in [3.63, 3.8) is 0 Å². The van der Waals surface area contributed by atoms with Gasteiger partial charge in [0.25, 0.3) is 0 Å². The molecule has 3 rings (SSSR count). The van der Waals surface area contributed by atoms with Gasteiger partial charge in [-0.1, -0.05) is 64.1 Å². The molecule has 0 atom stereocenters. The van der Waals surface area contributed by atoms with Gasteiger partial charge in [-0.05, 0) is 31.2 Å². The molecule has 1 heteroatoms. The van der Waals surface area contributed by atoms with E-state index < -0.39 is 0 Å². The molecule has 0 saturated carbocycles. The minimum atomic E-state index is 1.22. The average molecular weight is 267 g/mol. The Bertz CT molecular complexity index is 621. The predicted molar refractivity (Wildman–Crippen MR) is 90.7 cm³/mol. The fourth-order valence-electron chi connectivity index (χ4n) is 2.21.